The molecule has 0 unspecified atom stereocenters. The van der Waals surface area contributed by atoms with Gasteiger partial charge in [-0.3, -0.25) is 4.79 Å². The highest BCUT2D eigenvalue weighted by atomic mass is 16.5. The maximum Gasteiger partial charge on any atom is 0.228 e. The summed E-state index contributed by atoms with van der Waals surface area (Å²) >= 11 is 0. The van der Waals surface area contributed by atoms with Crippen molar-refractivity contribution in [3.05, 3.63) is 54.1 Å². The summed E-state index contributed by atoms with van der Waals surface area (Å²) in [6, 6.07) is 14.9. The van der Waals surface area contributed by atoms with Crippen molar-refractivity contribution < 1.29 is 14.3 Å². The molecule has 0 fully saturated rings. The molecule has 0 spiro atoms. The largest absolute Gasteiger partial charge is 0.497 e. The van der Waals surface area contributed by atoms with Crippen LogP contribution < -0.4 is 14.8 Å². The highest BCUT2D eigenvalue weighted by Gasteiger charge is 2.05. The molecule has 0 aliphatic rings. The first-order valence-electron chi connectivity index (χ1n) is 7.87. The zero-order chi connectivity index (χ0) is 16.5. The first-order valence-corrected chi connectivity index (χ1v) is 7.87. The topological polar surface area (TPSA) is 47.6 Å². The quantitative estimate of drug-likeness (QED) is 0.748. The molecule has 1 amide bonds. The predicted molar refractivity (Wildman–Crippen MR) is 92.2 cm³/mol. The second-order valence-electron chi connectivity index (χ2n) is 5.30. The van der Waals surface area contributed by atoms with E-state index in [2.05, 4.69) is 12.2 Å². The minimum absolute atomic E-state index is 0.0465. The van der Waals surface area contributed by atoms with Gasteiger partial charge in [0.25, 0.3) is 0 Å². The molecule has 2 rings (SSSR count). The smallest absolute Gasteiger partial charge is 0.228 e. The van der Waals surface area contributed by atoms with Gasteiger partial charge < -0.3 is 14.8 Å². The SMILES string of the molecule is CCCCOc1ccc(NC(=O)Cc2ccc(OC)cc2)cc1. The van der Waals surface area contributed by atoms with Gasteiger partial charge >= 0.3 is 0 Å². The number of methoxy groups -OCH3 is 1. The minimum atomic E-state index is -0.0465. The fourth-order valence-electron chi connectivity index (χ4n) is 2.10. The third-order valence-electron chi connectivity index (χ3n) is 3.43. The number of hydrogen-bond acceptors (Lipinski definition) is 3. The Morgan fingerprint density at radius 2 is 1.65 bits per heavy atom. The lowest BCUT2D eigenvalue weighted by atomic mass is 10.1. The van der Waals surface area contributed by atoms with Gasteiger partial charge in [0.05, 0.1) is 20.1 Å². The van der Waals surface area contributed by atoms with Gasteiger partial charge in [-0.25, -0.2) is 0 Å². The fraction of sp³-hybridized carbons (Fsp3) is 0.316. The number of rotatable bonds is 8. The molecule has 0 aliphatic carbocycles. The summed E-state index contributed by atoms with van der Waals surface area (Å²) in [6.07, 6.45) is 2.48. The molecule has 1 N–H and O–H groups in total. The van der Waals surface area contributed by atoms with Crippen molar-refractivity contribution in [1.82, 2.24) is 0 Å². The Bertz CT molecular complexity index is 606. The van der Waals surface area contributed by atoms with E-state index < -0.39 is 0 Å². The Morgan fingerprint density at radius 3 is 2.26 bits per heavy atom. The van der Waals surface area contributed by atoms with Gasteiger partial charge in [-0.05, 0) is 48.4 Å². The number of unbranched alkanes of at least 4 members (excludes halogenated alkanes) is 1. The van der Waals surface area contributed by atoms with Gasteiger partial charge in [0.15, 0.2) is 0 Å². The maximum atomic E-state index is 12.1. The van der Waals surface area contributed by atoms with Crippen LogP contribution in [-0.4, -0.2) is 19.6 Å². The molecule has 122 valence electrons. The molecule has 0 saturated carbocycles. The summed E-state index contributed by atoms with van der Waals surface area (Å²) in [4.78, 5) is 12.1. The van der Waals surface area contributed by atoms with Crippen LogP contribution in [0.1, 0.15) is 25.3 Å². The van der Waals surface area contributed by atoms with E-state index in [1.54, 1.807) is 7.11 Å². The zero-order valence-corrected chi connectivity index (χ0v) is 13.7. The monoisotopic (exact) mass is 313 g/mol. The normalized spacial score (nSPS) is 10.2. The van der Waals surface area contributed by atoms with E-state index in [1.165, 1.54) is 0 Å². The number of carbonyl (C=O) groups excluding carboxylic acids is 1. The molecule has 0 radical (unpaired) electrons. The number of amides is 1. The molecular weight excluding hydrogens is 290 g/mol. The Morgan fingerprint density at radius 1 is 1.00 bits per heavy atom. The van der Waals surface area contributed by atoms with Gasteiger partial charge in [-0.1, -0.05) is 25.5 Å². The van der Waals surface area contributed by atoms with E-state index in [4.69, 9.17) is 9.47 Å². The van der Waals surface area contributed by atoms with Crippen LogP contribution in [0.5, 0.6) is 11.5 Å². The van der Waals surface area contributed by atoms with Crippen molar-refractivity contribution in [3.63, 3.8) is 0 Å². The molecule has 0 bridgehead atoms. The average molecular weight is 313 g/mol. The van der Waals surface area contributed by atoms with Crippen molar-refractivity contribution in [1.29, 1.82) is 0 Å². The second kappa shape index (κ2) is 8.83. The number of hydrogen-bond donors (Lipinski definition) is 1. The van der Waals surface area contributed by atoms with Crippen LogP contribution >= 0.6 is 0 Å². The van der Waals surface area contributed by atoms with Crippen LogP contribution in [0, 0.1) is 0 Å². The standard InChI is InChI=1S/C19H23NO3/c1-3-4-13-23-18-11-7-16(8-12-18)20-19(21)14-15-5-9-17(22-2)10-6-15/h5-12H,3-4,13-14H2,1-2H3,(H,20,21). The zero-order valence-electron chi connectivity index (χ0n) is 13.7. The molecule has 0 heterocycles. The molecule has 0 saturated heterocycles. The van der Waals surface area contributed by atoms with Gasteiger partial charge in [-0.2, -0.15) is 0 Å². The van der Waals surface area contributed by atoms with Gasteiger partial charge in [0.2, 0.25) is 5.91 Å². The van der Waals surface area contributed by atoms with Crippen molar-refractivity contribution in [2.24, 2.45) is 0 Å². The minimum Gasteiger partial charge on any atom is -0.497 e. The summed E-state index contributed by atoms with van der Waals surface area (Å²) < 4.78 is 10.7. The first kappa shape index (κ1) is 16.9. The summed E-state index contributed by atoms with van der Waals surface area (Å²) in [5.74, 6) is 1.56. The molecule has 4 heteroatoms. The highest BCUT2D eigenvalue weighted by molar-refractivity contribution is 5.92. The number of ether oxygens (including phenoxy) is 2. The third kappa shape index (κ3) is 5.66. The van der Waals surface area contributed by atoms with Crippen molar-refractivity contribution >= 4 is 11.6 Å². The van der Waals surface area contributed by atoms with E-state index in [0.29, 0.717) is 6.42 Å². The summed E-state index contributed by atoms with van der Waals surface area (Å²) in [5, 5.41) is 2.89. The van der Waals surface area contributed by atoms with Crippen LogP contribution in [0.25, 0.3) is 0 Å². The van der Waals surface area contributed by atoms with E-state index in [0.717, 1.165) is 42.2 Å². The molecule has 0 atom stereocenters. The third-order valence-corrected chi connectivity index (χ3v) is 3.43. The highest BCUT2D eigenvalue weighted by Crippen LogP contribution is 2.17. The van der Waals surface area contributed by atoms with Gasteiger partial charge in [0, 0.05) is 5.69 Å². The predicted octanol–water partition coefficient (Wildman–Crippen LogP) is 4.06. The second-order valence-corrected chi connectivity index (χ2v) is 5.30. The molecule has 0 aliphatic heterocycles. The van der Waals surface area contributed by atoms with Crippen LogP contribution in [0.4, 0.5) is 5.69 Å². The molecule has 23 heavy (non-hydrogen) atoms. The molecular formula is C19H23NO3. The summed E-state index contributed by atoms with van der Waals surface area (Å²) in [6.45, 7) is 2.85. The lowest BCUT2D eigenvalue weighted by Gasteiger charge is -2.08. The molecule has 0 aromatic heterocycles. The van der Waals surface area contributed by atoms with Crippen molar-refractivity contribution in [2.45, 2.75) is 26.2 Å². The number of nitrogens with one attached hydrogen (secondary N) is 1. The summed E-state index contributed by atoms with van der Waals surface area (Å²) in [7, 11) is 1.62. The Kier molecular flexibility index (Phi) is 6.48. The van der Waals surface area contributed by atoms with Crippen LogP contribution in [0.15, 0.2) is 48.5 Å². The van der Waals surface area contributed by atoms with E-state index >= 15 is 0 Å². The fourth-order valence-corrected chi connectivity index (χ4v) is 2.10. The first-order chi connectivity index (χ1) is 11.2. The lowest BCUT2D eigenvalue weighted by molar-refractivity contribution is -0.115. The molecule has 4 nitrogen and oxygen atoms in total. The van der Waals surface area contributed by atoms with Crippen LogP contribution in [0.2, 0.25) is 0 Å². The van der Waals surface area contributed by atoms with Gasteiger partial charge in [-0.15, -0.1) is 0 Å². The maximum absolute atomic E-state index is 12.1. The Labute approximate surface area is 137 Å². The van der Waals surface area contributed by atoms with E-state index in [-0.39, 0.29) is 5.91 Å². The lowest BCUT2D eigenvalue weighted by Crippen LogP contribution is -2.14. The van der Waals surface area contributed by atoms with Crippen LogP contribution in [-0.2, 0) is 11.2 Å². The number of benzene rings is 2. The van der Waals surface area contributed by atoms with Crippen molar-refractivity contribution in [3.8, 4) is 11.5 Å². The molecule has 2 aromatic rings. The van der Waals surface area contributed by atoms with E-state index in [9.17, 15) is 4.79 Å². The Hall–Kier alpha value is -2.49. The van der Waals surface area contributed by atoms with Crippen molar-refractivity contribution in [2.75, 3.05) is 19.0 Å². The van der Waals surface area contributed by atoms with Crippen LogP contribution in [0.3, 0.4) is 0 Å². The Balaban J connectivity index is 1.84. The molecule has 2 aromatic carbocycles. The summed E-state index contributed by atoms with van der Waals surface area (Å²) in [5.41, 5.74) is 1.72. The van der Waals surface area contributed by atoms with Gasteiger partial charge in [0.1, 0.15) is 11.5 Å². The number of anilines is 1. The average Bonchev–Trinajstić information content (AvgIpc) is 2.57. The number of carbonyl (C=O) groups is 1. The van der Waals surface area contributed by atoms with E-state index in [1.807, 2.05) is 48.5 Å².